The van der Waals surface area contributed by atoms with Crippen molar-refractivity contribution in [1.29, 1.82) is 0 Å². The molecule has 2 aromatic rings. The number of carboxylic acid groups (broad SMARTS) is 1. The number of carbonyl (C=O) groups is 2. The van der Waals surface area contributed by atoms with Crippen LogP contribution in [0, 0.1) is 6.92 Å². The number of nitrogens with two attached hydrogens (primary N) is 1. The fraction of sp³-hybridized carbons (Fsp3) is 0.0909. The predicted molar refractivity (Wildman–Crippen MR) is 61.6 cm³/mol. The molecule has 2 aromatic heterocycles. The quantitative estimate of drug-likeness (QED) is 0.812. The van der Waals surface area contributed by atoms with Crippen molar-refractivity contribution < 1.29 is 14.7 Å². The van der Waals surface area contributed by atoms with Gasteiger partial charge in [0.15, 0.2) is 5.82 Å². The zero-order valence-electron chi connectivity index (χ0n) is 9.49. The lowest BCUT2D eigenvalue weighted by molar-refractivity contribution is 0.0695. The summed E-state index contributed by atoms with van der Waals surface area (Å²) in [6, 6.07) is 2.94. The number of hydrogen-bond acceptors (Lipinski definition) is 4. The maximum atomic E-state index is 10.9. The number of aromatic nitrogens is 3. The van der Waals surface area contributed by atoms with Gasteiger partial charge in [0.25, 0.3) is 5.91 Å². The van der Waals surface area contributed by atoms with Crippen LogP contribution in [-0.2, 0) is 0 Å². The van der Waals surface area contributed by atoms with Crippen LogP contribution in [0.5, 0.6) is 0 Å². The lowest BCUT2D eigenvalue weighted by Gasteiger charge is -2.04. The molecule has 0 aliphatic carbocycles. The van der Waals surface area contributed by atoms with Gasteiger partial charge in [-0.25, -0.2) is 14.5 Å². The van der Waals surface area contributed by atoms with Crippen LogP contribution in [0.15, 0.2) is 24.5 Å². The number of hydrogen-bond donors (Lipinski definition) is 2. The van der Waals surface area contributed by atoms with E-state index in [1.165, 1.54) is 29.2 Å². The SMILES string of the molecule is Cc1nc(-n2cc(C(N)=O)cn2)ccc1C(=O)O. The minimum atomic E-state index is -1.04. The molecule has 7 nitrogen and oxygen atoms in total. The van der Waals surface area contributed by atoms with Gasteiger partial charge in [-0.05, 0) is 19.1 Å². The van der Waals surface area contributed by atoms with Crippen molar-refractivity contribution in [2.24, 2.45) is 5.73 Å². The van der Waals surface area contributed by atoms with Crippen LogP contribution in [0.2, 0.25) is 0 Å². The van der Waals surface area contributed by atoms with Gasteiger partial charge in [0.1, 0.15) is 0 Å². The number of pyridine rings is 1. The number of primary amides is 1. The van der Waals surface area contributed by atoms with Gasteiger partial charge in [0, 0.05) is 6.20 Å². The molecule has 0 unspecified atom stereocenters. The van der Waals surface area contributed by atoms with Gasteiger partial charge >= 0.3 is 5.97 Å². The van der Waals surface area contributed by atoms with E-state index in [2.05, 4.69) is 10.1 Å². The Labute approximate surface area is 102 Å². The van der Waals surface area contributed by atoms with Crippen LogP contribution in [-0.4, -0.2) is 31.7 Å². The number of rotatable bonds is 3. The molecule has 0 aliphatic heterocycles. The molecule has 1 amide bonds. The molecule has 18 heavy (non-hydrogen) atoms. The number of carbonyl (C=O) groups excluding carboxylic acids is 1. The van der Waals surface area contributed by atoms with E-state index in [4.69, 9.17) is 10.8 Å². The summed E-state index contributed by atoms with van der Waals surface area (Å²) in [5.74, 6) is -1.20. The molecular formula is C11H10N4O3. The Kier molecular flexibility index (Phi) is 2.80. The van der Waals surface area contributed by atoms with Gasteiger partial charge in [-0.3, -0.25) is 4.79 Å². The Morgan fingerprint density at radius 1 is 1.39 bits per heavy atom. The molecule has 0 fully saturated rings. The second kappa shape index (κ2) is 4.28. The maximum absolute atomic E-state index is 10.9. The van der Waals surface area contributed by atoms with Gasteiger partial charge in [-0.15, -0.1) is 0 Å². The van der Waals surface area contributed by atoms with Crippen LogP contribution < -0.4 is 5.73 Å². The molecule has 2 heterocycles. The smallest absolute Gasteiger partial charge is 0.337 e. The van der Waals surface area contributed by atoms with E-state index >= 15 is 0 Å². The Bertz CT molecular complexity index is 633. The minimum Gasteiger partial charge on any atom is -0.478 e. The average Bonchev–Trinajstić information content (AvgIpc) is 2.77. The third-order valence-electron chi connectivity index (χ3n) is 2.40. The molecular weight excluding hydrogens is 236 g/mol. The van der Waals surface area contributed by atoms with E-state index < -0.39 is 11.9 Å². The summed E-state index contributed by atoms with van der Waals surface area (Å²) < 4.78 is 1.36. The van der Waals surface area contributed by atoms with Crippen molar-refractivity contribution in [2.45, 2.75) is 6.92 Å². The Morgan fingerprint density at radius 2 is 2.11 bits per heavy atom. The Balaban J connectivity index is 2.42. The second-order valence-corrected chi connectivity index (χ2v) is 3.65. The highest BCUT2D eigenvalue weighted by Crippen LogP contribution is 2.10. The molecule has 7 heteroatoms. The highest BCUT2D eigenvalue weighted by Gasteiger charge is 2.11. The van der Waals surface area contributed by atoms with E-state index in [0.717, 1.165) is 0 Å². The summed E-state index contributed by atoms with van der Waals surface area (Å²) in [7, 11) is 0. The zero-order chi connectivity index (χ0) is 13.3. The van der Waals surface area contributed by atoms with E-state index in [1.807, 2.05) is 0 Å². The van der Waals surface area contributed by atoms with Crippen molar-refractivity contribution in [3.05, 3.63) is 41.3 Å². The van der Waals surface area contributed by atoms with Crippen molar-refractivity contribution in [3.8, 4) is 5.82 Å². The molecule has 0 aromatic carbocycles. The van der Waals surface area contributed by atoms with Gasteiger partial charge < -0.3 is 10.8 Å². The van der Waals surface area contributed by atoms with Gasteiger partial charge in [0.05, 0.1) is 23.0 Å². The van der Waals surface area contributed by atoms with Crippen LogP contribution in [0.4, 0.5) is 0 Å². The van der Waals surface area contributed by atoms with Gasteiger partial charge in [-0.2, -0.15) is 5.10 Å². The van der Waals surface area contributed by atoms with Gasteiger partial charge in [0.2, 0.25) is 0 Å². The maximum Gasteiger partial charge on any atom is 0.337 e. The number of nitrogens with zero attached hydrogens (tertiary/aromatic N) is 3. The zero-order valence-corrected chi connectivity index (χ0v) is 9.49. The summed E-state index contributed by atoms with van der Waals surface area (Å²) in [4.78, 5) is 25.9. The number of aromatic carboxylic acids is 1. The van der Waals surface area contributed by atoms with Crippen molar-refractivity contribution >= 4 is 11.9 Å². The first-order valence-corrected chi connectivity index (χ1v) is 5.05. The average molecular weight is 246 g/mol. The highest BCUT2D eigenvalue weighted by molar-refractivity contribution is 5.92. The van der Waals surface area contributed by atoms with Crippen molar-refractivity contribution in [1.82, 2.24) is 14.8 Å². The lowest BCUT2D eigenvalue weighted by Crippen LogP contribution is -2.09. The van der Waals surface area contributed by atoms with E-state index in [9.17, 15) is 9.59 Å². The predicted octanol–water partition coefficient (Wildman–Crippen LogP) is 0.373. The first kappa shape index (κ1) is 11.8. The van der Waals surface area contributed by atoms with E-state index in [0.29, 0.717) is 11.5 Å². The Morgan fingerprint density at radius 3 is 2.61 bits per heavy atom. The second-order valence-electron chi connectivity index (χ2n) is 3.65. The third kappa shape index (κ3) is 2.05. The molecule has 0 saturated heterocycles. The fourth-order valence-corrected chi connectivity index (χ4v) is 1.48. The molecule has 92 valence electrons. The summed E-state index contributed by atoms with van der Waals surface area (Å²) in [6.45, 7) is 1.59. The molecule has 0 atom stereocenters. The topological polar surface area (TPSA) is 111 Å². The third-order valence-corrected chi connectivity index (χ3v) is 2.40. The molecule has 3 N–H and O–H groups in total. The molecule has 0 spiro atoms. The van der Waals surface area contributed by atoms with E-state index in [-0.39, 0.29) is 11.1 Å². The molecule has 0 radical (unpaired) electrons. The number of aryl methyl sites for hydroxylation is 1. The summed E-state index contributed by atoms with van der Waals surface area (Å²) >= 11 is 0. The molecule has 0 bridgehead atoms. The minimum absolute atomic E-state index is 0.126. The van der Waals surface area contributed by atoms with Crippen LogP contribution >= 0.6 is 0 Å². The largest absolute Gasteiger partial charge is 0.478 e. The molecule has 0 aliphatic rings. The monoisotopic (exact) mass is 246 g/mol. The van der Waals surface area contributed by atoms with Crippen molar-refractivity contribution in [3.63, 3.8) is 0 Å². The van der Waals surface area contributed by atoms with Crippen molar-refractivity contribution in [2.75, 3.05) is 0 Å². The molecule has 2 rings (SSSR count). The standard InChI is InChI=1S/C11H10N4O3/c1-6-8(11(17)18)2-3-9(14-6)15-5-7(4-13-15)10(12)16/h2-5H,1H3,(H2,12,16)(H,17,18). The van der Waals surface area contributed by atoms with Crippen LogP contribution in [0.3, 0.4) is 0 Å². The first-order valence-electron chi connectivity index (χ1n) is 5.05. The summed E-state index contributed by atoms with van der Waals surface area (Å²) in [6.07, 6.45) is 2.76. The van der Waals surface area contributed by atoms with E-state index in [1.54, 1.807) is 6.92 Å². The lowest BCUT2D eigenvalue weighted by atomic mass is 10.2. The number of carboxylic acids is 1. The van der Waals surface area contributed by atoms with Gasteiger partial charge in [-0.1, -0.05) is 0 Å². The van der Waals surface area contributed by atoms with Crippen LogP contribution in [0.25, 0.3) is 5.82 Å². The fourth-order valence-electron chi connectivity index (χ4n) is 1.48. The highest BCUT2D eigenvalue weighted by atomic mass is 16.4. The number of amides is 1. The summed E-state index contributed by atoms with van der Waals surface area (Å²) in [5, 5.41) is 12.8. The molecule has 0 saturated carbocycles. The summed E-state index contributed by atoms with van der Waals surface area (Å²) in [5.41, 5.74) is 5.87. The Hall–Kier alpha value is -2.70. The van der Waals surface area contributed by atoms with Crippen LogP contribution in [0.1, 0.15) is 26.4 Å². The normalized spacial score (nSPS) is 10.3. The first-order chi connectivity index (χ1) is 8.49.